The number of aromatic nitrogens is 2. The molecule has 6 nitrogen and oxygen atoms in total. The van der Waals surface area contributed by atoms with E-state index in [9.17, 15) is 5.11 Å². The highest BCUT2D eigenvalue weighted by atomic mass is 16.5. The first-order valence-corrected chi connectivity index (χ1v) is 7.31. The molecule has 6 heteroatoms. The number of piperazine rings is 3. The number of fused-ring (bicyclic) bond motifs is 3. The van der Waals surface area contributed by atoms with Crippen LogP contribution in [0.15, 0.2) is 22.7 Å². The maximum Gasteiger partial charge on any atom is 0.258 e. The van der Waals surface area contributed by atoms with Gasteiger partial charge >= 0.3 is 0 Å². The summed E-state index contributed by atoms with van der Waals surface area (Å²) in [6.45, 7) is 7.23. The average Bonchev–Trinajstić information content (AvgIpc) is 3.01. The minimum Gasteiger partial charge on any atom is -0.508 e. The fourth-order valence-corrected chi connectivity index (χ4v) is 3.20. The van der Waals surface area contributed by atoms with Gasteiger partial charge in [-0.05, 0) is 19.1 Å². The number of hydrogen-bond acceptors (Lipinski definition) is 6. The number of aromatic hydroxyl groups is 1. The molecule has 0 saturated carbocycles. The monoisotopic (exact) mass is 286 g/mol. The molecule has 3 aliphatic heterocycles. The Hall–Kier alpha value is -1.92. The highest BCUT2D eigenvalue weighted by Crippen LogP contribution is 2.31. The molecule has 1 atom stereocenters. The molecule has 2 aromatic rings. The van der Waals surface area contributed by atoms with Gasteiger partial charge < -0.3 is 9.63 Å². The zero-order valence-electron chi connectivity index (χ0n) is 12.0. The van der Waals surface area contributed by atoms with E-state index in [4.69, 9.17) is 4.52 Å². The lowest BCUT2D eigenvalue weighted by Gasteiger charge is -2.46. The summed E-state index contributed by atoms with van der Waals surface area (Å²) in [5, 5.41) is 14.0. The first-order valence-electron chi connectivity index (χ1n) is 7.31. The highest BCUT2D eigenvalue weighted by molar-refractivity contribution is 5.61. The van der Waals surface area contributed by atoms with Crippen molar-refractivity contribution in [3.63, 3.8) is 0 Å². The van der Waals surface area contributed by atoms with Crippen LogP contribution in [0.4, 0.5) is 0 Å². The standard InChI is InChI=1S/C15H18N4O2/c1-10-11(3-2-4-13(10)20)15-16-14(17-21-15)12-9-18-5-7-19(12)8-6-18/h2-4,12,20H,5-9H2,1H3. The van der Waals surface area contributed by atoms with Gasteiger partial charge in [0.15, 0.2) is 5.82 Å². The fourth-order valence-electron chi connectivity index (χ4n) is 3.20. The molecule has 3 saturated heterocycles. The summed E-state index contributed by atoms with van der Waals surface area (Å²) in [6.07, 6.45) is 0. The van der Waals surface area contributed by atoms with E-state index >= 15 is 0 Å². The van der Waals surface area contributed by atoms with E-state index in [-0.39, 0.29) is 11.8 Å². The highest BCUT2D eigenvalue weighted by Gasteiger charge is 2.35. The third kappa shape index (κ3) is 2.11. The maximum absolute atomic E-state index is 9.80. The van der Waals surface area contributed by atoms with Crippen LogP contribution in [0.3, 0.4) is 0 Å². The van der Waals surface area contributed by atoms with Crippen molar-refractivity contribution in [3.8, 4) is 17.2 Å². The molecule has 0 radical (unpaired) electrons. The summed E-state index contributed by atoms with van der Waals surface area (Å²) < 4.78 is 5.43. The lowest BCUT2D eigenvalue weighted by molar-refractivity contribution is 0.00781. The van der Waals surface area contributed by atoms with Crippen LogP contribution in [0.2, 0.25) is 0 Å². The van der Waals surface area contributed by atoms with E-state index in [1.807, 2.05) is 13.0 Å². The predicted octanol–water partition coefficient (Wildman–Crippen LogP) is 1.42. The lowest BCUT2D eigenvalue weighted by atomic mass is 10.1. The first-order chi connectivity index (χ1) is 10.2. The third-order valence-corrected chi connectivity index (χ3v) is 4.55. The van der Waals surface area contributed by atoms with Crippen LogP contribution < -0.4 is 0 Å². The number of hydrogen-bond donors (Lipinski definition) is 1. The van der Waals surface area contributed by atoms with Crippen LogP contribution in [0.25, 0.3) is 11.5 Å². The summed E-state index contributed by atoms with van der Waals surface area (Å²) in [4.78, 5) is 9.43. The van der Waals surface area contributed by atoms with Gasteiger partial charge in [-0.1, -0.05) is 11.2 Å². The van der Waals surface area contributed by atoms with E-state index in [0.29, 0.717) is 5.89 Å². The molecule has 1 aromatic heterocycles. The Morgan fingerprint density at radius 2 is 2.05 bits per heavy atom. The summed E-state index contributed by atoms with van der Waals surface area (Å²) >= 11 is 0. The Bertz CT molecular complexity index is 661. The lowest BCUT2D eigenvalue weighted by Crippen LogP contribution is -2.57. The van der Waals surface area contributed by atoms with Gasteiger partial charge in [0.1, 0.15) is 5.75 Å². The second-order valence-corrected chi connectivity index (χ2v) is 5.76. The molecular formula is C15H18N4O2. The smallest absolute Gasteiger partial charge is 0.258 e. The van der Waals surface area contributed by atoms with Crippen molar-refractivity contribution < 1.29 is 9.63 Å². The van der Waals surface area contributed by atoms with Gasteiger partial charge in [-0.3, -0.25) is 9.80 Å². The quantitative estimate of drug-likeness (QED) is 0.901. The van der Waals surface area contributed by atoms with Gasteiger partial charge in [0, 0.05) is 43.9 Å². The van der Waals surface area contributed by atoms with Crippen molar-refractivity contribution in [2.75, 3.05) is 32.7 Å². The predicted molar refractivity (Wildman–Crippen MR) is 76.9 cm³/mol. The van der Waals surface area contributed by atoms with Crippen LogP contribution >= 0.6 is 0 Å². The second kappa shape index (κ2) is 4.82. The van der Waals surface area contributed by atoms with Gasteiger partial charge in [0.05, 0.1) is 6.04 Å². The van der Waals surface area contributed by atoms with E-state index in [0.717, 1.165) is 49.7 Å². The van der Waals surface area contributed by atoms with Crippen molar-refractivity contribution in [2.45, 2.75) is 13.0 Å². The molecule has 4 heterocycles. The Balaban J connectivity index is 1.65. The molecule has 1 aromatic carbocycles. The van der Waals surface area contributed by atoms with E-state index < -0.39 is 0 Å². The van der Waals surface area contributed by atoms with Crippen LogP contribution in [-0.2, 0) is 0 Å². The molecule has 110 valence electrons. The van der Waals surface area contributed by atoms with Gasteiger partial charge in [0.2, 0.25) is 0 Å². The minimum atomic E-state index is 0.225. The van der Waals surface area contributed by atoms with Crippen molar-refractivity contribution in [2.24, 2.45) is 0 Å². The third-order valence-electron chi connectivity index (χ3n) is 4.55. The molecule has 2 bridgehead atoms. The Kier molecular flexibility index (Phi) is 2.94. The normalized spacial score (nSPS) is 28.0. The molecular weight excluding hydrogens is 268 g/mol. The summed E-state index contributed by atoms with van der Waals surface area (Å²) in [6, 6.07) is 5.57. The Morgan fingerprint density at radius 1 is 1.24 bits per heavy atom. The van der Waals surface area contributed by atoms with Crippen LogP contribution in [0.5, 0.6) is 5.75 Å². The van der Waals surface area contributed by atoms with Crippen molar-refractivity contribution in [3.05, 3.63) is 29.6 Å². The molecule has 0 amide bonds. The molecule has 0 spiro atoms. The molecule has 5 rings (SSSR count). The van der Waals surface area contributed by atoms with Crippen LogP contribution in [0, 0.1) is 6.92 Å². The number of nitrogens with zero attached hydrogens (tertiary/aromatic N) is 4. The van der Waals surface area contributed by atoms with Gasteiger partial charge in [-0.2, -0.15) is 4.98 Å². The number of rotatable bonds is 2. The first kappa shape index (κ1) is 12.8. The molecule has 1 N–H and O–H groups in total. The van der Waals surface area contributed by atoms with Gasteiger partial charge in [-0.25, -0.2) is 0 Å². The summed E-state index contributed by atoms with van der Waals surface area (Å²) in [5.41, 5.74) is 1.56. The second-order valence-electron chi connectivity index (χ2n) is 5.76. The number of benzene rings is 1. The Morgan fingerprint density at radius 3 is 2.76 bits per heavy atom. The van der Waals surface area contributed by atoms with Crippen molar-refractivity contribution in [1.82, 2.24) is 19.9 Å². The fraction of sp³-hybridized carbons (Fsp3) is 0.467. The average molecular weight is 286 g/mol. The minimum absolute atomic E-state index is 0.225. The van der Waals surface area contributed by atoms with E-state index in [1.54, 1.807) is 12.1 Å². The zero-order chi connectivity index (χ0) is 14.4. The number of phenolic OH excluding ortho intramolecular Hbond substituents is 1. The SMILES string of the molecule is Cc1c(O)cccc1-c1nc(C2CN3CCN2CC3)no1. The van der Waals surface area contributed by atoms with Gasteiger partial charge in [0.25, 0.3) is 5.89 Å². The van der Waals surface area contributed by atoms with Crippen molar-refractivity contribution >= 4 is 0 Å². The molecule has 0 aliphatic carbocycles. The number of phenols is 1. The molecule has 1 unspecified atom stereocenters. The largest absolute Gasteiger partial charge is 0.508 e. The topological polar surface area (TPSA) is 65.6 Å². The van der Waals surface area contributed by atoms with Crippen LogP contribution in [0.1, 0.15) is 17.4 Å². The molecule has 3 aliphatic rings. The van der Waals surface area contributed by atoms with E-state index in [2.05, 4.69) is 19.9 Å². The van der Waals surface area contributed by atoms with E-state index in [1.165, 1.54) is 0 Å². The Labute approximate surface area is 123 Å². The van der Waals surface area contributed by atoms with Gasteiger partial charge in [-0.15, -0.1) is 0 Å². The van der Waals surface area contributed by atoms with Crippen LogP contribution in [-0.4, -0.2) is 57.8 Å². The maximum atomic E-state index is 9.80. The molecule has 21 heavy (non-hydrogen) atoms. The molecule has 3 fully saturated rings. The summed E-state index contributed by atoms with van der Waals surface area (Å²) in [5.74, 6) is 1.48. The zero-order valence-corrected chi connectivity index (χ0v) is 12.0. The summed E-state index contributed by atoms with van der Waals surface area (Å²) in [7, 11) is 0. The van der Waals surface area contributed by atoms with Crippen molar-refractivity contribution in [1.29, 1.82) is 0 Å².